The molecule has 146 valence electrons. The highest BCUT2D eigenvalue weighted by Gasteiger charge is 2.28. The van der Waals surface area contributed by atoms with Crippen LogP contribution in [0.2, 0.25) is 5.02 Å². The summed E-state index contributed by atoms with van der Waals surface area (Å²) >= 11 is 7.72. The van der Waals surface area contributed by atoms with Crippen molar-refractivity contribution >= 4 is 44.2 Å². The van der Waals surface area contributed by atoms with Gasteiger partial charge in [-0.15, -0.1) is 0 Å². The zero-order chi connectivity index (χ0) is 19.8. The predicted molar refractivity (Wildman–Crippen MR) is 106 cm³/mol. The minimum atomic E-state index is -0.847. The Kier molecular flexibility index (Phi) is 5.07. The first kappa shape index (κ1) is 18.9. The molecule has 0 unspecified atom stereocenters. The second-order valence-corrected chi connectivity index (χ2v) is 7.68. The Morgan fingerprint density at radius 3 is 2.46 bits per heavy atom. The van der Waals surface area contributed by atoms with Gasteiger partial charge in [0.25, 0.3) is 5.91 Å². The molecule has 2 heterocycles. The van der Waals surface area contributed by atoms with Crippen molar-refractivity contribution in [2.45, 2.75) is 0 Å². The zero-order valence-corrected chi connectivity index (χ0v) is 16.5. The molecular formula is C19H16ClF2N3O2S. The fourth-order valence-corrected chi connectivity index (χ4v) is 4.51. The minimum Gasteiger partial charge on any atom is -0.494 e. The van der Waals surface area contributed by atoms with Crippen LogP contribution >= 0.6 is 22.9 Å². The van der Waals surface area contributed by atoms with Crippen LogP contribution in [0.15, 0.2) is 30.3 Å². The normalized spacial score (nSPS) is 14.6. The van der Waals surface area contributed by atoms with Crippen LogP contribution in [-0.2, 0) is 0 Å². The number of fused-ring (bicyclic) bond motifs is 1. The molecule has 0 N–H and O–H groups in total. The molecular weight excluding hydrogens is 408 g/mol. The maximum atomic E-state index is 13.9. The van der Waals surface area contributed by atoms with Gasteiger partial charge in [0.1, 0.15) is 28.5 Å². The number of halogens is 3. The number of thiazole rings is 1. The van der Waals surface area contributed by atoms with Gasteiger partial charge in [-0.3, -0.25) is 4.79 Å². The van der Waals surface area contributed by atoms with Crippen LogP contribution in [0.4, 0.5) is 13.9 Å². The summed E-state index contributed by atoms with van der Waals surface area (Å²) in [7, 11) is 1.58. The Bertz CT molecular complexity index is 1030. The van der Waals surface area contributed by atoms with Crippen LogP contribution in [0.1, 0.15) is 10.4 Å². The van der Waals surface area contributed by atoms with Gasteiger partial charge in [-0.25, -0.2) is 13.8 Å². The van der Waals surface area contributed by atoms with E-state index in [1.165, 1.54) is 22.3 Å². The highest BCUT2D eigenvalue weighted by atomic mass is 35.5. The number of piperazine rings is 1. The van der Waals surface area contributed by atoms with E-state index < -0.39 is 23.1 Å². The van der Waals surface area contributed by atoms with Crippen LogP contribution in [0.5, 0.6) is 5.75 Å². The molecule has 1 saturated heterocycles. The Morgan fingerprint density at radius 2 is 1.82 bits per heavy atom. The second-order valence-electron chi connectivity index (χ2n) is 6.30. The molecule has 9 heteroatoms. The Morgan fingerprint density at radius 1 is 1.14 bits per heavy atom. The fraction of sp³-hybridized carbons (Fsp3) is 0.263. The lowest BCUT2D eigenvalue weighted by molar-refractivity contribution is 0.0737. The van der Waals surface area contributed by atoms with Gasteiger partial charge in [-0.05, 0) is 24.3 Å². The van der Waals surface area contributed by atoms with E-state index >= 15 is 0 Å². The first-order chi connectivity index (χ1) is 13.5. The van der Waals surface area contributed by atoms with Crippen LogP contribution < -0.4 is 9.64 Å². The van der Waals surface area contributed by atoms with Gasteiger partial charge in [0, 0.05) is 26.2 Å². The third-order valence-corrected chi connectivity index (χ3v) is 6.26. The van der Waals surface area contributed by atoms with Crippen LogP contribution in [0.3, 0.4) is 0 Å². The van der Waals surface area contributed by atoms with Gasteiger partial charge in [0.05, 0.1) is 16.8 Å². The van der Waals surface area contributed by atoms with Crippen molar-refractivity contribution in [1.82, 2.24) is 9.88 Å². The minimum absolute atomic E-state index is 0.341. The standard InChI is InChI=1S/C19H16ClF2N3O2S/c1-27-14-6-5-11(20)17-16(14)23-19(28-17)25-9-7-24(8-10-25)18(26)15-12(21)3-2-4-13(15)22/h2-6H,7-10H2,1H3. The van der Waals surface area contributed by atoms with Crippen LogP contribution in [-0.4, -0.2) is 49.1 Å². The first-order valence-corrected chi connectivity index (χ1v) is 9.80. The SMILES string of the molecule is COc1ccc(Cl)c2sc(N3CCN(C(=O)c4c(F)cccc4F)CC3)nc12. The van der Waals surface area contributed by atoms with Crippen molar-refractivity contribution in [3.8, 4) is 5.75 Å². The van der Waals surface area contributed by atoms with Gasteiger partial charge < -0.3 is 14.5 Å². The number of rotatable bonds is 3. The summed E-state index contributed by atoms with van der Waals surface area (Å²) in [6.07, 6.45) is 0. The van der Waals surface area contributed by atoms with Crippen molar-refractivity contribution in [2.75, 3.05) is 38.2 Å². The van der Waals surface area contributed by atoms with E-state index in [4.69, 9.17) is 16.3 Å². The molecule has 0 aliphatic carbocycles. The molecule has 0 saturated carbocycles. The Labute approximate surface area is 169 Å². The number of carbonyl (C=O) groups is 1. The lowest BCUT2D eigenvalue weighted by atomic mass is 10.1. The number of anilines is 1. The molecule has 0 spiro atoms. The zero-order valence-electron chi connectivity index (χ0n) is 14.9. The van der Waals surface area contributed by atoms with Gasteiger partial charge in [0.2, 0.25) is 0 Å². The molecule has 1 aromatic heterocycles. The van der Waals surface area contributed by atoms with E-state index in [9.17, 15) is 13.6 Å². The highest BCUT2D eigenvalue weighted by Crippen LogP contribution is 2.38. The summed E-state index contributed by atoms with van der Waals surface area (Å²) in [4.78, 5) is 20.7. The van der Waals surface area contributed by atoms with Crippen molar-refractivity contribution in [2.24, 2.45) is 0 Å². The van der Waals surface area contributed by atoms with Crippen LogP contribution in [0, 0.1) is 11.6 Å². The second kappa shape index (κ2) is 7.52. The van der Waals surface area contributed by atoms with Crippen molar-refractivity contribution < 1.29 is 18.3 Å². The molecule has 1 fully saturated rings. The van der Waals surface area contributed by atoms with Gasteiger partial charge >= 0.3 is 0 Å². The molecule has 2 aromatic carbocycles. The summed E-state index contributed by atoms with van der Waals surface area (Å²) in [6, 6.07) is 6.96. The number of hydrogen-bond acceptors (Lipinski definition) is 5. The molecule has 0 atom stereocenters. The highest BCUT2D eigenvalue weighted by molar-refractivity contribution is 7.22. The number of hydrogen-bond donors (Lipinski definition) is 0. The quantitative estimate of drug-likeness (QED) is 0.633. The topological polar surface area (TPSA) is 45.7 Å². The third-order valence-electron chi connectivity index (χ3n) is 4.68. The van der Waals surface area contributed by atoms with E-state index in [0.29, 0.717) is 42.5 Å². The summed E-state index contributed by atoms with van der Waals surface area (Å²) in [5, 5.41) is 1.37. The summed E-state index contributed by atoms with van der Waals surface area (Å²) < 4.78 is 34.0. The predicted octanol–water partition coefficient (Wildman–Crippen LogP) is 4.20. The molecule has 4 rings (SSSR count). The van der Waals surface area contributed by atoms with Gasteiger partial charge in [-0.2, -0.15) is 0 Å². The average Bonchev–Trinajstić information content (AvgIpc) is 3.15. The molecule has 1 aliphatic rings. The lowest BCUT2D eigenvalue weighted by Crippen LogP contribution is -2.49. The first-order valence-electron chi connectivity index (χ1n) is 8.61. The summed E-state index contributed by atoms with van der Waals surface area (Å²) in [5.41, 5.74) is 0.189. The molecule has 1 aliphatic heterocycles. The fourth-order valence-electron chi connectivity index (χ4n) is 3.20. The van der Waals surface area contributed by atoms with Gasteiger partial charge in [0.15, 0.2) is 5.13 Å². The molecule has 0 bridgehead atoms. The largest absolute Gasteiger partial charge is 0.494 e. The number of methoxy groups -OCH3 is 1. The van der Waals surface area contributed by atoms with Crippen LogP contribution in [0.25, 0.3) is 10.2 Å². The smallest absolute Gasteiger partial charge is 0.259 e. The molecule has 0 radical (unpaired) electrons. The van der Waals surface area contributed by atoms with Crippen molar-refractivity contribution in [3.63, 3.8) is 0 Å². The summed E-state index contributed by atoms with van der Waals surface area (Å²) in [5.74, 6) is -1.68. The molecule has 1 amide bonds. The molecule has 5 nitrogen and oxygen atoms in total. The lowest BCUT2D eigenvalue weighted by Gasteiger charge is -2.34. The molecule has 3 aromatic rings. The number of amides is 1. The van der Waals surface area contributed by atoms with E-state index in [1.54, 1.807) is 19.2 Å². The van der Waals surface area contributed by atoms with E-state index in [1.807, 2.05) is 4.90 Å². The average molecular weight is 424 g/mol. The summed E-state index contributed by atoms with van der Waals surface area (Å²) in [6.45, 7) is 1.68. The number of benzene rings is 2. The maximum Gasteiger partial charge on any atom is 0.259 e. The number of aromatic nitrogens is 1. The number of nitrogens with zero attached hydrogens (tertiary/aromatic N) is 3. The Hall–Kier alpha value is -2.45. The van der Waals surface area contributed by atoms with Gasteiger partial charge in [-0.1, -0.05) is 29.0 Å². The van der Waals surface area contributed by atoms with Crippen molar-refractivity contribution in [3.05, 3.63) is 52.6 Å². The monoisotopic (exact) mass is 423 g/mol. The number of carbonyl (C=O) groups excluding carboxylic acids is 1. The Balaban J connectivity index is 1.52. The van der Waals surface area contributed by atoms with E-state index in [2.05, 4.69) is 4.98 Å². The number of ether oxygens (including phenoxy) is 1. The van der Waals surface area contributed by atoms with E-state index in [0.717, 1.165) is 22.0 Å². The van der Waals surface area contributed by atoms with E-state index in [-0.39, 0.29) is 0 Å². The molecule has 28 heavy (non-hydrogen) atoms. The van der Waals surface area contributed by atoms with Crippen molar-refractivity contribution in [1.29, 1.82) is 0 Å². The maximum absolute atomic E-state index is 13.9. The third kappa shape index (κ3) is 3.27.